The van der Waals surface area contributed by atoms with Crippen LogP contribution in [0.2, 0.25) is 0 Å². The number of rotatable bonds is 0. The van der Waals surface area contributed by atoms with Crippen molar-refractivity contribution in [3.63, 3.8) is 0 Å². The summed E-state index contributed by atoms with van der Waals surface area (Å²) in [5.41, 5.74) is 1.01. The molecule has 0 bridgehead atoms. The number of aromatic nitrogens is 1. The van der Waals surface area contributed by atoms with Crippen molar-refractivity contribution in [2.45, 2.75) is 0 Å². The minimum Gasteiger partial charge on any atom is -0.355 e. The van der Waals surface area contributed by atoms with Crippen LogP contribution in [-0.2, 0) is 0 Å². The average molecular weight is 172 g/mol. The van der Waals surface area contributed by atoms with Crippen molar-refractivity contribution in [3.05, 3.63) is 48.4 Å². The Hall–Kier alpha value is -1.76. The SMILES string of the molecule is [2H]c1c([2H])c([2H])c2c([nH]c3cccc([2H])c32)c1[2H]. The van der Waals surface area contributed by atoms with Crippen molar-refractivity contribution in [2.75, 3.05) is 0 Å². The Morgan fingerprint density at radius 1 is 0.923 bits per heavy atom. The Morgan fingerprint density at radius 2 is 1.77 bits per heavy atom. The van der Waals surface area contributed by atoms with Crippen LogP contribution < -0.4 is 0 Å². The van der Waals surface area contributed by atoms with Gasteiger partial charge in [-0.1, -0.05) is 36.3 Å². The molecule has 1 aromatic heterocycles. The lowest BCUT2D eigenvalue weighted by molar-refractivity contribution is 1.55. The molecule has 1 heterocycles. The van der Waals surface area contributed by atoms with Crippen molar-refractivity contribution in [2.24, 2.45) is 0 Å². The maximum absolute atomic E-state index is 7.93. The van der Waals surface area contributed by atoms with Gasteiger partial charge in [-0.3, -0.25) is 0 Å². The summed E-state index contributed by atoms with van der Waals surface area (Å²) in [5.74, 6) is 0. The minimum absolute atomic E-state index is 0.0957. The number of aromatic amines is 1. The van der Waals surface area contributed by atoms with E-state index < -0.39 is 0 Å². The van der Waals surface area contributed by atoms with Crippen molar-refractivity contribution < 1.29 is 6.85 Å². The van der Waals surface area contributed by atoms with Crippen LogP contribution in [0, 0.1) is 0 Å². The summed E-state index contributed by atoms with van der Waals surface area (Å²) in [6, 6.07) is 4.62. The number of H-pyrrole nitrogens is 1. The largest absolute Gasteiger partial charge is 0.355 e. The maximum Gasteiger partial charge on any atom is 0.0645 e. The van der Waals surface area contributed by atoms with Gasteiger partial charge in [-0.2, -0.15) is 0 Å². The van der Waals surface area contributed by atoms with Crippen LogP contribution in [0.1, 0.15) is 6.85 Å². The maximum atomic E-state index is 7.93. The normalized spacial score (nSPS) is 16.5. The molecule has 0 fully saturated rings. The van der Waals surface area contributed by atoms with Crippen LogP contribution in [0.5, 0.6) is 0 Å². The lowest BCUT2D eigenvalue weighted by atomic mass is 10.2. The molecule has 0 saturated heterocycles. The van der Waals surface area contributed by atoms with Gasteiger partial charge in [0.15, 0.2) is 0 Å². The summed E-state index contributed by atoms with van der Waals surface area (Å²) in [4.78, 5) is 2.97. The molecule has 13 heavy (non-hydrogen) atoms. The van der Waals surface area contributed by atoms with Crippen molar-refractivity contribution >= 4 is 21.8 Å². The number of benzene rings is 2. The highest BCUT2D eigenvalue weighted by Crippen LogP contribution is 2.24. The number of para-hydroxylation sites is 2. The zero-order valence-electron chi connectivity index (χ0n) is 11.7. The molecular formula is C12H9N. The molecule has 0 aliphatic heterocycles. The van der Waals surface area contributed by atoms with Crippen molar-refractivity contribution in [1.82, 2.24) is 4.98 Å². The van der Waals surface area contributed by atoms with Crippen LogP contribution in [0.4, 0.5) is 0 Å². The topological polar surface area (TPSA) is 15.8 Å². The second-order valence-corrected chi connectivity index (χ2v) is 2.83. The highest BCUT2D eigenvalue weighted by molar-refractivity contribution is 6.06. The molecule has 0 amide bonds. The van der Waals surface area contributed by atoms with E-state index >= 15 is 0 Å². The van der Waals surface area contributed by atoms with Gasteiger partial charge in [-0.05, 0) is 12.1 Å². The van der Waals surface area contributed by atoms with Crippen LogP contribution >= 0.6 is 0 Å². The van der Waals surface area contributed by atoms with Gasteiger partial charge in [0.25, 0.3) is 0 Å². The number of hydrogen-bond donors (Lipinski definition) is 1. The lowest BCUT2D eigenvalue weighted by Crippen LogP contribution is -1.62. The third kappa shape index (κ3) is 0.872. The van der Waals surface area contributed by atoms with Crippen LogP contribution in [-0.4, -0.2) is 4.98 Å². The van der Waals surface area contributed by atoms with E-state index in [0.717, 1.165) is 0 Å². The molecule has 62 valence electrons. The molecule has 1 N–H and O–H groups in total. The van der Waals surface area contributed by atoms with E-state index in [1.807, 2.05) is 0 Å². The fraction of sp³-hybridized carbons (Fsp3) is 0. The van der Waals surface area contributed by atoms with E-state index in [1.54, 1.807) is 18.2 Å². The van der Waals surface area contributed by atoms with Gasteiger partial charge in [-0.15, -0.1) is 0 Å². The molecule has 0 saturated carbocycles. The number of hydrogen-bond acceptors (Lipinski definition) is 0. The second-order valence-electron chi connectivity index (χ2n) is 2.83. The molecule has 1 heteroatoms. The van der Waals surface area contributed by atoms with E-state index in [1.165, 1.54) is 0 Å². The first-order valence-corrected chi connectivity index (χ1v) is 3.99. The molecule has 2 aromatic carbocycles. The standard InChI is InChI=1S/C12H9N/c1-3-7-11-9(5-1)10-6-2-4-8-12(10)13-11/h1-8,13H/i1D,3D,5D,6D,7D. The Labute approximate surface area is 83.0 Å². The fourth-order valence-corrected chi connectivity index (χ4v) is 1.48. The molecule has 0 aliphatic rings. The highest BCUT2D eigenvalue weighted by atomic mass is 14.7. The third-order valence-electron chi connectivity index (χ3n) is 2.05. The van der Waals surface area contributed by atoms with Gasteiger partial charge in [0.2, 0.25) is 0 Å². The summed E-state index contributed by atoms with van der Waals surface area (Å²) < 4.78 is 39.0. The van der Waals surface area contributed by atoms with E-state index in [-0.39, 0.29) is 30.2 Å². The van der Waals surface area contributed by atoms with Crippen LogP contribution in [0.15, 0.2) is 48.4 Å². The molecular weight excluding hydrogens is 158 g/mol. The molecule has 0 spiro atoms. The Morgan fingerprint density at radius 3 is 2.77 bits per heavy atom. The van der Waals surface area contributed by atoms with Crippen LogP contribution in [0.3, 0.4) is 0 Å². The Kier molecular flexibility index (Phi) is 0.644. The second kappa shape index (κ2) is 2.36. The molecule has 1 nitrogen and oxygen atoms in total. The van der Waals surface area contributed by atoms with Gasteiger partial charge in [0, 0.05) is 21.8 Å². The average Bonchev–Trinajstić information content (AvgIpc) is 2.75. The predicted octanol–water partition coefficient (Wildman–Crippen LogP) is 3.32. The van der Waals surface area contributed by atoms with Gasteiger partial charge in [0.05, 0.1) is 6.85 Å². The number of nitrogens with one attached hydrogen (secondary N) is 1. The van der Waals surface area contributed by atoms with Gasteiger partial charge < -0.3 is 4.98 Å². The minimum atomic E-state index is -0.267. The van der Waals surface area contributed by atoms with E-state index in [2.05, 4.69) is 4.98 Å². The monoisotopic (exact) mass is 172 g/mol. The van der Waals surface area contributed by atoms with E-state index in [9.17, 15) is 0 Å². The smallest absolute Gasteiger partial charge is 0.0645 e. The first-order valence-electron chi connectivity index (χ1n) is 6.49. The number of fused-ring (bicyclic) bond motifs is 3. The summed E-state index contributed by atoms with van der Waals surface area (Å²) in [6.45, 7) is 0. The molecule has 3 aromatic rings. The quantitative estimate of drug-likeness (QED) is 0.535. The fourth-order valence-electron chi connectivity index (χ4n) is 1.48. The summed E-state index contributed by atoms with van der Waals surface area (Å²) in [5, 5.41) is 0.932. The molecule has 3 rings (SSSR count). The zero-order valence-corrected chi connectivity index (χ0v) is 6.73. The highest BCUT2D eigenvalue weighted by Gasteiger charge is 2.00. The third-order valence-corrected chi connectivity index (χ3v) is 2.05. The van der Waals surface area contributed by atoms with E-state index in [0.29, 0.717) is 21.8 Å². The first kappa shape index (κ1) is 3.54. The molecule has 0 unspecified atom stereocenters. The van der Waals surface area contributed by atoms with Gasteiger partial charge >= 0.3 is 0 Å². The lowest BCUT2D eigenvalue weighted by Gasteiger charge is -1.87. The zero-order chi connectivity index (χ0) is 13.0. The van der Waals surface area contributed by atoms with Crippen LogP contribution in [0.25, 0.3) is 21.8 Å². The molecule has 0 radical (unpaired) electrons. The van der Waals surface area contributed by atoms with Gasteiger partial charge in [-0.25, -0.2) is 0 Å². The summed E-state index contributed by atoms with van der Waals surface area (Å²) >= 11 is 0. The first-order chi connectivity index (χ1) is 8.52. The van der Waals surface area contributed by atoms with Crippen molar-refractivity contribution in [3.8, 4) is 0 Å². The Balaban J connectivity index is 2.69. The molecule has 0 aliphatic carbocycles. The molecule has 0 atom stereocenters. The van der Waals surface area contributed by atoms with E-state index in [4.69, 9.17) is 6.85 Å². The predicted molar refractivity (Wildman–Crippen MR) is 55.8 cm³/mol. The Bertz CT molecular complexity index is 790. The summed E-state index contributed by atoms with van der Waals surface area (Å²) in [6.07, 6.45) is 0. The van der Waals surface area contributed by atoms with Crippen molar-refractivity contribution in [1.29, 1.82) is 0 Å². The summed E-state index contributed by atoms with van der Waals surface area (Å²) in [7, 11) is 0. The van der Waals surface area contributed by atoms with Gasteiger partial charge in [0.1, 0.15) is 0 Å².